The lowest BCUT2D eigenvalue weighted by Crippen LogP contribution is -2.11. The molecule has 3 rings (SSSR count). The number of aromatic nitrogens is 2. The molecule has 0 aliphatic heterocycles. The monoisotopic (exact) mass is 345 g/mol. The molecule has 0 radical (unpaired) electrons. The number of hydrogen-bond acceptors (Lipinski definition) is 3. The number of nitrogens with one attached hydrogen (secondary N) is 1. The van der Waals surface area contributed by atoms with Gasteiger partial charge in [-0.15, -0.1) is 0 Å². The summed E-state index contributed by atoms with van der Waals surface area (Å²) in [4.78, 5) is 12.0. The highest BCUT2D eigenvalue weighted by Gasteiger charge is 2.08. The summed E-state index contributed by atoms with van der Waals surface area (Å²) < 4.78 is 20.2. The lowest BCUT2D eigenvalue weighted by atomic mass is 10.2. The van der Waals surface area contributed by atoms with Crippen LogP contribution in [0.5, 0.6) is 5.75 Å². The van der Waals surface area contributed by atoms with Crippen LogP contribution < -0.4 is 10.1 Å². The third-order valence-electron chi connectivity index (χ3n) is 3.14. The molecule has 122 valence electrons. The zero-order valence-electron chi connectivity index (χ0n) is 12.4. The number of carbonyl (C=O) groups is 1. The van der Waals surface area contributed by atoms with Crippen LogP contribution in [0.4, 0.5) is 10.1 Å². The average Bonchev–Trinajstić information content (AvgIpc) is 3.00. The Hall–Kier alpha value is -2.86. The number of benzene rings is 2. The van der Waals surface area contributed by atoms with E-state index in [1.807, 2.05) is 0 Å². The van der Waals surface area contributed by atoms with E-state index < -0.39 is 11.7 Å². The first-order chi connectivity index (χ1) is 11.6. The summed E-state index contributed by atoms with van der Waals surface area (Å²) in [6, 6.07) is 12.5. The molecule has 1 heterocycles. The second-order valence-electron chi connectivity index (χ2n) is 4.96. The predicted molar refractivity (Wildman–Crippen MR) is 88.7 cm³/mol. The van der Waals surface area contributed by atoms with E-state index in [9.17, 15) is 9.18 Å². The van der Waals surface area contributed by atoms with Gasteiger partial charge in [0.1, 0.15) is 11.6 Å². The van der Waals surface area contributed by atoms with Gasteiger partial charge in [0, 0.05) is 10.6 Å². The van der Waals surface area contributed by atoms with E-state index in [2.05, 4.69) is 10.4 Å². The predicted octanol–water partition coefficient (Wildman–Crippen LogP) is 3.96. The van der Waals surface area contributed by atoms with Gasteiger partial charge in [0.05, 0.1) is 18.1 Å². The van der Waals surface area contributed by atoms with Crippen molar-refractivity contribution in [3.8, 4) is 5.75 Å². The second kappa shape index (κ2) is 7.14. The van der Waals surface area contributed by atoms with Gasteiger partial charge >= 0.3 is 0 Å². The summed E-state index contributed by atoms with van der Waals surface area (Å²) in [7, 11) is 0. The van der Waals surface area contributed by atoms with Gasteiger partial charge in [-0.2, -0.15) is 5.10 Å². The van der Waals surface area contributed by atoms with Crippen LogP contribution in [0.2, 0.25) is 5.02 Å². The van der Waals surface area contributed by atoms with Gasteiger partial charge in [0.2, 0.25) is 0 Å². The molecule has 24 heavy (non-hydrogen) atoms. The third kappa shape index (κ3) is 4.11. The lowest BCUT2D eigenvalue weighted by molar-refractivity contribution is 0.102. The molecular formula is C17H13ClFN3O2. The van der Waals surface area contributed by atoms with Crippen LogP contribution in [-0.2, 0) is 6.73 Å². The normalized spacial score (nSPS) is 10.4. The highest BCUT2D eigenvalue weighted by molar-refractivity contribution is 6.30. The summed E-state index contributed by atoms with van der Waals surface area (Å²) in [6.45, 7) is 0.163. The fraction of sp³-hybridized carbons (Fsp3) is 0.0588. The van der Waals surface area contributed by atoms with Crippen molar-refractivity contribution in [2.24, 2.45) is 0 Å². The molecule has 3 aromatic rings. The van der Waals surface area contributed by atoms with E-state index >= 15 is 0 Å². The summed E-state index contributed by atoms with van der Waals surface area (Å²) in [6.07, 6.45) is 3.10. The van der Waals surface area contributed by atoms with Gasteiger partial charge in [-0.25, -0.2) is 9.07 Å². The summed E-state index contributed by atoms with van der Waals surface area (Å²) in [5, 5.41) is 7.32. The fourth-order valence-corrected chi connectivity index (χ4v) is 2.21. The van der Waals surface area contributed by atoms with Gasteiger partial charge < -0.3 is 10.1 Å². The van der Waals surface area contributed by atoms with E-state index in [1.165, 1.54) is 35.1 Å². The SMILES string of the molecule is O=C(Nc1cnn(COc2cccc(Cl)c2)c1)c1cccc(F)c1. The molecule has 0 saturated carbocycles. The minimum Gasteiger partial charge on any atom is -0.471 e. The molecular weight excluding hydrogens is 333 g/mol. The number of hydrogen-bond donors (Lipinski definition) is 1. The Labute approximate surface area is 142 Å². The van der Waals surface area contributed by atoms with Crippen molar-refractivity contribution in [3.63, 3.8) is 0 Å². The van der Waals surface area contributed by atoms with Crippen LogP contribution in [0.15, 0.2) is 60.9 Å². The van der Waals surface area contributed by atoms with Crippen LogP contribution in [0.3, 0.4) is 0 Å². The molecule has 1 aromatic heterocycles. The van der Waals surface area contributed by atoms with Crippen LogP contribution >= 0.6 is 11.6 Å². The van der Waals surface area contributed by atoms with Gasteiger partial charge in [0.25, 0.3) is 5.91 Å². The molecule has 1 N–H and O–H groups in total. The molecule has 0 bridgehead atoms. The first-order valence-electron chi connectivity index (χ1n) is 7.08. The minimum atomic E-state index is -0.465. The molecule has 5 nitrogen and oxygen atoms in total. The van der Waals surface area contributed by atoms with Crippen molar-refractivity contribution < 1.29 is 13.9 Å². The van der Waals surface area contributed by atoms with Crippen molar-refractivity contribution in [1.29, 1.82) is 0 Å². The van der Waals surface area contributed by atoms with E-state index in [4.69, 9.17) is 16.3 Å². The summed E-state index contributed by atoms with van der Waals surface area (Å²) >= 11 is 5.88. The molecule has 0 fully saturated rings. The Kier molecular flexibility index (Phi) is 4.77. The van der Waals surface area contributed by atoms with E-state index in [1.54, 1.807) is 30.5 Å². The van der Waals surface area contributed by atoms with Crippen molar-refractivity contribution in [3.05, 3.63) is 77.3 Å². The van der Waals surface area contributed by atoms with Gasteiger partial charge in [-0.1, -0.05) is 23.7 Å². The topological polar surface area (TPSA) is 56.2 Å². The molecule has 7 heteroatoms. The van der Waals surface area contributed by atoms with Crippen LogP contribution in [-0.4, -0.2) is 15.7 Å². The Morgan fingerprint density at radius 3 is 2.88 bits per heavy atom. The first-order valence-corrected chi connectivity index (χ1v) is 7.46. The number of anilines is 1. The quantitative estimate of drug-likeness (QED) is 0.761. The number of ether oxygens (including phenoxy) is 1. The highest BCUT2D eigenvalue weighted by atomic mass is 35.5. The summed E-state index contributed by atoms with van der Waals surface area (Å²) in [5.41, 5.74) is 0.719. The van der Waals surface area contributed by atoms with Crippen molar-refractivity contribution >= 4 is 23.2 Å². The van der Waals surface area contributed by atoms with Gasteiger partial charge in [-0.3, -0.25) is 4.79 Å². The zero-order chi connectivity index (χ0) is 16.9. The number of rotatable bonds is 5. The van der Waals surface area contributed by atoms with E-state index in [0.717, 1.165) is 0 Å². The molecule has 0 spiro atoms. The molecule has 0 saturated heterocycles. The number of amides is 1. The van der Waals surface area contributed by atoms with Crippen LogP contribution in [0.25, 0.3) is 0 Å². The number of nitrogens with zero attached hydrogens (tertiary/aromatic N) is 2. The molecule has 0 unspecified atom stereocenters. The molecule has 0 atom stereocenters. The van der Waals surface area contributed by atoms with E-state index in [0.29, 0.717) is 16.5 Å². The third-order valence-corrected chi connectivity index (χ3v) is 3.37. The zero-order valence-corrected chi connectivity index (χ0v) is 13.2. The smallest absolute Gasteiger partial charge is 0.255 e. The maximum absolute atomic E-state index is 13.1. The van der Waals surface area contributed by atoms with Crippen molar-refractivity contribution in [1.82, 2.24) is 9.78 Å². The molecule has 0 aliphatic carbocycles. The molecule has 0 aliphatic rings. The number of carbonyl (C=O) groups excluding carboxylic acids is 1. The Bertz CT molecular complexity index is 866. The first kappa shape index (κ1) is 16.0. The highest BCUT2D eigenvalue weighted by Crippen LogP contribution is 2.17. The molecule has 2 aromatic carbocycles. The van der Waals surface area contributed by atoms with Gasteiger partial charge in [0.15, 0.2) is 6.73 Å². The Balaban J connectivity index is 1.60. The second-order valence-corrected chi connectivity index (χ2v) is 5.40. The summed E-state index contributed by atoms with van der Waals surface area (Å²) in [5.74, 6) is -0.263. The van der Waals surface area contributed by atoms with Crippen molar-refractivity contribution in [2.45, 2.75) is 6.73 Å². The molecule has 1 amide bonds. The van der Waals surface area contributed by atoms with Crippen molar-refractivity contribution in [2.75, 3.05) is 5.32 Å². The largest absolute Gasteiger partial charge is 0.471 e. The maximum atomic E-state index is 13.1. The minimum absolute atomic E-state index is 0.163. The van der Waals surface area contributed by atoms with Crippen LogP contribution in [0.1, 0.15) is 10.4 Å². The maximum Gasteiger partial charge on any atom is 0.255 e. The average molecular weight is 346 g/mol. The van der Waals surface area contributed by atoms with Gasteiger partial charge in [-0.05, 0) is 36.4 Å². The van der Waals surface area contributed by atoms with E-state index in [-0.39, 0.29) is 12.3 Å². The van der Waals surface area contributed by atoms with Crippen LogP contribution in [0, 0.1) is 5.82 Å². The number of halogens is 2. The fourth-order valence-electron chi connectivity index (χ4n) is 2.03. The Morgan fingerprint density at radius 2 is 2.08 bits per heavy atom. The standard InChI is InChI=1S/C17H13ClFN3O2/c18-13-4-2-6-16(8-13)24-11-22-10-15(9-20-22)21-17(23)12-3-1-5-14(19)7-12/h1-10H,11H2,(H,21,23). The Morgan fingerprint density at radius 1 is 1.25 bits per heavy atom. The lowest BCUT2D eigenvalue weighted by Gasteiger charge is -2.06.